The number of hydrogen-bond acceptors (Lipinski definition) is 6. The highest BCUT2D eigenvalue weighted by Crippen LogP contribution is 2.43. The molecule has 5 rings (SSSR count). The van der Waals surface area contributed by atoms with Crippen LogP contribution in [0.15, 0.2) is 72.8 Å². The fourth-order valence-corrected chi connectivity index (χ4v) is 5.44. The van der Waals surface area contributed by atoms with Gasteiger partial charge in [0.05, 0.1) is 19.3 Å². The number of piperidine rings is 1. The zero-order valence-corrected chi connectivity index (χ0v) is 23.1. The third kappa shape index (κ3) is 6.28. The van der Waals surface area contributed by atoms with Crippen molar-refractivity contribution in [1.82, 2.24) is 10.2 Å². The number of fused-ring (bicyclic) bond motifs is 2. The molecule has 1 saturated heterocycles. The molecule has 0 aliphatic carbocycles. The zero-order valence-electron chi connectivity index (χ0n) is 22.3. The Hall–Kier alpha value is -4.57. The van der Waals surface area contributed by atoms with E-state index in [0.29, 0.717) is 46.9 Å². The summed E-state index contributed by atoms with van der Waals surface area (Å²) in [6, 6.07) is 19.9. The van der Waals surface area contributed by atoms with E-state index in [1.54, 1.807) is 47.4 Å². The lowest BCUT2D eigenvalue weighted by Gasteiger charge is -2.45. The van der Waals surface area contributed by atoms with E-state index in [2.05, 4.69) is 20.7 Å². The summed E-state index contributed by atoms with van der Waals surface area (Å²) in [7, 11) is 1.26. The second-order valence-electron chi connectivity index (χ2n) is 9.97. The monoisotopic (exact) mass is 576 g/mol. The van der Waals surface area contributed by atoms with Crippen molar-refractivity contribution in [3.05, 3.63) is 94.5 Å². The first-order valence-corrected chi connectivity index (χ1v) is 13.5. The molecule has 3 aromatic carbocycles. The predicted octanol–water partition coefficient (Wildman–Crippen LogP) is 4.94. The van der Waals surface area contributed by atoms with Crippen LogP contribution in [0.3, 0.4) is 0 Å². The summed E-state index contributed by atoms with van der Waals surface area (Å²) in [6.45, 7) is 0.568. The molecule has 0 radical (unpaired) electrons. The number of ether oxygens (including phenoxy) is 2. The Bertz CT molecular complexity index is 1470. The summed E-state index contributed by atoms with van der Waals surface area (Å²) < 4.78 is 10.4. The molecule has 2 aliphatic rings. The lowest BCUT2D eigenvalue weighted by molar-refractivity contribution is -0.141. The third-order valence-corrected chi connectivity index (χ3v) is 7.46. The van der Waals surface area contributed by atoms with Crippen LogP contribution in [-0.2, 0) is 26.3 Å². The molecule has 0 aromatic heterocycles. The Balaban J connectivity index is 1.38. The maximum Gasteiger partial charge on any atom is 0.412 e. The molecule has 212 valence electrons. The normalized spacial score (nSPS) is 18.4. The Morgan fingerprint density at radius 3 is 2.59 bits per heavy atom. The maximum absolute atomic E-state index is 14.0. The molecule has 1 fully saturated rings. The van der Waals surface area contributed by atoms with Crippen LogP contribution >= 0.6 is 11.6 Å². The number of nitrogens with one attached hydrogen (secondary N) is 3. The highest BCUT2D eigenvalue weighted by atomic mass is 35.5. The number of anilines is 2. The van der Waals surface area contributed by atoms with Gasteiger partial charge in [0, 0.05) is 34.8 Å². The van der Waals surface area contributed by atoms with E-state index in [0.717, 1.165) is 5.56 Å². The van der Waals surface area contributed by atoms with Gasteiger partial charge in [-0.15, -0.1) is 0 Å². The van der Waals surface area contributed by atoms with E-state index < -0.39 is 29.7 Å². The van der Waals surface area contributed by atoms with Crippen molar-refractivity contribution in [2.45, 2.75) is 30.9 Å². The first kappa shape index (κ1) is 28.0. The molecule has 1 spiro atoms. The van der Waals surface area contributed by atoms with E-state index in [4.69, 9.17) is 16.3 Å². The Morgan fingerprint density at radius 2 is 1.85 bits per heavy atom. The van der Waals surface area contributed by atoms with E-state index in [1.165, 1.54) is 7.11 Å². The molecular weight excluding hydrogens is 548 g/mol. The molecule has 41 heavy (non-hydrogen) atoms. The highest BCUT2D eigenvalue weighted by molar-refractivity contribution is 6.30. The van der Waals surface area contributed by atoms with Crippen molar-refractivity contribution in [1.29, 1.82) is 0 Å². The minimum atomic E-state index is -1.06. The summed E-state index contributed by atoms with van der Waals surface area (Å²) >= 11 is 6.29. The molecule has 4 amide bonds. The highest BCUT2D eigenvalue weighted by Gasteiger charge is 2.47. The SMILES string of the molecule is COC(=O)Nc1ccc(C(=O)N[C@@H](Cc2ccccc2)C(=O)N2CCC[C@@]3(C2)OC(=O)Nc2ccc(Cl)cc23)cc1. The van der Waals surface area contributed by atoms with Crippen LogP contribution in [0.4, 0.5) is 21.0 Å². The average molecular weight is 577 g/mol. The van der Waals surface area contributed by atoms with Crippen molar-refractivity contribution in [3.63, 3.8) is 0 Å². The number of amides is 4. The molecule has 3 aromatic rings. The van der Waals surface area contributed by atoms with Gasteiger partial charge >= 0.3 is 12.2 Å². The molecule has 11 heteroatoms. The van der Waals surface area contributed by atoms with Crippen LogP contribution < -0.4 is 16.0 Å². The minimum Gasteiger partial charge on any atom is -0.453 e. The van der Waals surface area contributed by atoms with E-state index in [-0.39, 0.29) is 18.9 Å². The second-order valence-corrected chi connectivity index (χ2v) is 10.4. The van der Waals surface area contributed by atoms with Crippen LogP contribution in [0.1, 0.15) is 34.3 Å². The molecule has 3 N–H and O–H groups in total. The Labute approximate surface area is 241 Å². The maximum atomic E-state index is 14.0. The number of nitrogens with zero attached hydrogens (tertiary/aromatic N) is 1. The van der Waals surface area contributed by atoms with E-state index in [9.17, 15) is 19.2 Å². The Morgan fingerprint density at radius 1 is 1.10 bits per heavy atom. The van der Waals surface area contributed by atoms with Crippen molar-refractivity contribution in [2.24, 2.45) is 0 Å². The van der Waals surface area contributed by atoms with Gasteiger partial charge in [0.1, 0.15) is 6.04 Å². The van der Waals surface area contributed by atoms with Crippen molar-refractivity contribution in [2.75, 3.05) is 30.8 Å². The number of benzene rings is 3. The third-order valence-electron chi connectivity index (χ3n) is 7.23. The number of halogens is 1. The van der Waals surface area contributed by atoms with E-state index in [1.807, 2.05) is 30.3 Å². The quantitative estimate of drug-likeness (QED) is 0.382. The first-order valence-electron chi connectivity index (χ1n) is 13.1. The van der Waals surface area contributed by atoms with Crippen LogP contribution in [-0.4, -0.2) is 55.1 Å². The van der Waals surface area contributed by atoms with Crippen molar-refractivity contribution >= 4 is 47.0 Å². The fraction of sp³-hybridized carbons (Fsp3) is 0.267. The van der Waals surface area contributed by atoms with Crippen LogP contribution in [0.2, 0.25) is 5.02 Å². The molecule has 2 atom stereocenters. The van der Waals surface area contributed by atoms with Gasteiger partial charge in [-0.3, -0.25) is 20.2 Å². The number of carbonyl (C=O) groups excluding carboxylic acids is 4. The van der Waals surface area contributed by atoms with Gasteiger partial charge in [-0.1, -0.05) is 41.9 Å². The number of rotatable bonds is 6. The number of carbonyl (C=O) groups is 4. The van der Waals surface area contributed by atoms with Gasteiger partial charge in [0.2, 0.25) is 5.91 Å². The first-order chi connectivity index (χ1) is 19.8. The van der Waals surface area contributed by atoms with Gasteiger partial charge in [-0.2, -0.15) is 0 Å². The van der Waals surface area contributed by atoms with Gasteiger partial charge in [-0.05, 0) is 60.9 Å². The van der Waals surface area contributed by atoms with Crippen LogP contribution in [0, 0.1) is 0 Å². The van der Waals surface area contributed by atoms with Crippen LogP contribution in [0.25, 0.3) is 0 Å². The summed E-state index contributed by atoms with van der Waals surface area (Å²) in [6.07, 6.45) is 0.165. The molecule has 0 unspecified atom stereocenters. The second kappa shape index (κ2) is 11.9. The van der Waals surface area contributed by atoms with Gasteiger partial charge in [-0.25, -0.2) is 9.59 Å². The largest absolute Gasteiger partial charge is 0.453 e. The lowest BCUT2D eigenvalue weighted by atomic mass is 9.83. The standard InChI is InChI=1S/C30H29ClN4O6/c1-40-28(38)32-22-11-8-20(9-12-22)26(36)33-25(16-19-6-3-2-4-7-19)27(37)35-15-5-14-30(18-35)23-17-21(31)10-13-24(23)34-29(39)41-30/h2-4,6-13,17,25H,5,14-16,18H2,1H3,(H,32,38)(H,33,36)(H,34,39)/t25-,30-/m0/s1. The van der Waals surface area contributed by atoms with Crippen molar-refractivity contribution in [3.8, 4) is 0 Å². The summed E-state index contributed by atoms with van der Waals surface area (Å²) in [5, 5.41) is 8.63. The molecule has 10 nitrogen and oxygen atoms in total. The predicted molar refractivity (Wildman–Crippen MR) is 153 cm³/mol. The van der Waals surface area contributed by atoms with Gasteiger partial charge in [0.15, 0.2) is 5.60 Å². The molecule has 0 bridgehead atoms. The lowest BCUT2D eigenvalue weighted by Crippen LogP contribution is -2.57. The molecule has 2 heterocycles. The number of methoxy groups -OCH3 is 1. The average Bonchev–Trinajstić information content (AvgIpc) is 2.97. The minimum absolute atomic E-state index is 0.127. The van der Waals surface area contributed by atoms with E-state index >= 15 is 0 Å². The molecule has 2 aliphatic heterocycles. The van der Waals surface area contributed by atoms with Crippen molar-refractivity contribution < 1.29 is 28.7 Å². The van der Waals surface area contributed by atoms with Gasteiger partial charge < -0.3 is 19.7 Å². The smallest absolute Gasteiger partial charge is 0.412 e. The summed E-state index contributed by atoms with van der Waals surface area (Å²) in [5.74, 6) is -0.732. The Kier molecular flexibility index (Phi) is 8.11. The fourth-order valence-electron chi connectivity index (χ4n) is 5.27. The summed E-state index contributed by atoms with van der Waals surface area (Å²) in [4.78, 5) is 52.9. The zero-order chi connectivity index (χ0) is 29.0. The topological polar surface area (TPSA) is 126 Å². The van der Waals surface area contributed by atoms with Crippen LogP contribution in [0.5, 0.6) is 0 Å². The molecular formula is C30H29ClN4O6. The number of hydrogen-bond donors (Lipinski definition) is 3. The summed E-state index contributed by atoms with van der Waals surface area (Å²) in [5.41, 5.74) is 1.91. The number of likely N-dealkylation sites (tertiary alicyclic amines) is 1. The molecule has 0 saturated carbocycles. The van der Waals surface area contributed by atoms with Gasteiger partial charge in [0.25, 0.3) is 5.91 Å².